The maximum absolute atomic E-state index is 13.1. The summed E-state index contributed by atoms with van der Waals surface area (Å²) in [5, 5.41) is 0. The highest BCUT2D eigenvalue weighted by atomic mass is 32.2. The Morgan fingerprint density at radius 3 is 2.52 bits per heavy atom. The average molecular weight is 392 g/mol. The molecule has 27 heavy (non-hydrogen) atoms. The van der Waals surface area contributed by atoms with E-state index in [1.807, 2.05) is 18.2 Å². The molecule has 1 saturated heterocycles. The second kappa shape index (κ2) is 7.01. The monoisotopic (exact) mass is 392 g/mol. The van der Waals surface area contributed by atoms with Crippen molar-refractivity contribution in [3.05, 3.63) is 60.0 Å². The number of hydrogen-bond donors (Lipinski definition) is 0. The summed E-state index contributed by atoms with van der Waals surface area (Å²) in [6, 6.07) is 11.5. The molecule has 1 aliphatic rings. The van der Waals surface area contributed by atoms with E-state index in [0.717, 1.165) is 25.0 Å². The van der Waals surface area contributed by atoms with Crippen molar-refractivity contribution in [3.8, 4) is 0 Å². The van der Waals surface area contributed by atoms with Crippen LogP contribution in [0.2, 0.25) is 0 Å². The molecule has 2 aromatic carbocycles. The van der Waals surface area contributed by atoms with Crippen molar-refractivity contribution in [2.45, 2.75) is 36.6 Å². The van der Waals surface area contributed by atoms with E-state index < -0.39 is 22.5 Å². The SMILES string of the molecule is O=S(=O)(c1ccc(C(F)F)cc1)N1CCCC[C@H]1c1nc2ccccc2o1. The van der Waals surface area contributed by atoms with Crippen molar-refractivity contribution in [2.24, 2.45) is 0 Å². The topological polar surface area (TPSA) is 63.4 Å². The molecule has 1 atom stereocenters. The highest BCUT2D eigenvalue weighted by Gasteiger charge is 2.37. The number of aromatic nitrogens is 1. The fourth-order valence-electron chi connectivity index (χ4n) is 3.39. The van der Waals surface area contributed by atoms with Gasteiger partial charge in [-0.2, -0.15) is 4.31 Å². The van der Waals surface area contributed by atoms with Gasteiger partial charge in [-0.05, 0) is 37.1 Å². The standard InChI is InChI=1S/C19H18F2N2O3S/c20-18(21)13-8-10-14(11-9-13)27(24,25)23-12-4-3-6-16(23)19-22-15-5-1-2-7-17(15)26-19/h1-2,5,7-11,16,18H,3-4,6,12H2/t16-/m0/s1. The van der Waals surface area contributed by atoms with Crippen LogP contribution >= 0.6 is 0 Å². The highest BCUT2D eigenvalue weighted by molar-refractivity contribution is 7.89. The lowest BCUT2D eigenvalue weighted by molar-refractivity contribution is 0.151. The Kier molecular flexibility index (Phi) is 4.69. The van der Waals surface area contributed by atoms with Gasteiger partial charge in [0, 0.05) is 12.1 Å². The van der Waals surface area contributed by atoms with Gasteiger partial charge in [-0.3, -0.25) is 0 Å². The van der Waals surface area contributed by atoms with E-state index in [0.29, 0.717) is 30.0 Å². The van der Waals surface area contributed by atoms with Gasteiger partial charge < -0.3 is 4.42 Å². The first-order chi connectivity index (χ1) is 13.0. The van der Waals surface area contributed by atoms with Crippen molar-refractivity contribution in [1.82, 2.24) is 9.29 Å². The van der Waals surface area contributed by atoms with Crippen LogP contribution in [0.4, 0.5) is 8.78 Å². The highest BCUT2D eigenvalue weighted by Crippen LogP contribution is 2.36. The van der Waals surface area contributed by atoms with Crippen molar-refractivity contribution >= 4 is 21.1 Å². The minimum absolute atomic E-state index is 0.00471. The maximum Gasteiger partial charge on any atom is 0.263 e. The molecule has 0 unspecified atom stereocenters. The van der Waals surface area contributed by atoms with Crippen LogP contribution in [-0.4, -0.2) is 24.3 Å². The van der Waals surface area contributed by atoms with Gasteiger partial charge in [0.15, 0.2) is 5.58 Å². The van der Waals surface area contributed by atoms with Crippen LogP contribution in [0.25, 0.3) is 11.1 Å². The Balaban J connectivity index is 1.70. The van der Waals surface area contributed by atoms with Gasteiger partial charge in [-0.25, -0.2) is 22.2 Å². The molecule has 0 bridgehead atoms. The summed E-state index contributed by atoms with van der Waals surface area (Å²) in [7, 11) is -3.85. The molecule has 0 N–H and O–H groups in total. The van der Waals surface area contributed by atoms with Crippen LogP contribution in [0.5, 0.6) is 0 Å². The second-order valence-electron chi connectivity index (χ2n) is 6.52. The molecular weight excluding hydrogens is 374 g/mol. The number of sulfonamides is 1. The number of rotatable bonds is 4. The lowest BCUT2D eigenvalue weighted by Gasteiger charge is -2.32. The third kappa shape index (κ3) is 3.35. The normalized spacial score (nSPS) is 19.0. The van der Waals surface area contributed by atoms with Crippen LogP contribution in [0, 0.1) is 0 Å². The van der Waals surface area contributed by atoms with E-state index in [1.54, 1.807) is 6.07 Å². The molecule has 1 aliphatic heterocycles. The summed E-state index contributed by atoms with van der Waals surface area (Å²) in [4.78, 5) is 4.45. The van der Waals surface area contributed by atoms with Crippen LogP contribution in [0.1, 0.15) is 43.2 Å². The first-order valence-corrected chi connectivity index (χ1v) is 10.2. The lowest BCUT2D eigenvalue weighted by Crippen LogP contribution is -2.38. The second-order valence-corrected chi connectivity index (χ2v) is 8.41. The zero-order valence-corrected chi connectivity index (χ0v) is 15.2. The molecule has 0 amide bonds. The third-order valence-electron chi connectivity index (χ3n) is 4.79. The Labute approximate surface area is 155 Å². The summed E-state index contributed by atoms with van der Waals surface area (Å²) in [6.07, 6.45) is -0.448. The van der Waals surface area contributed by atoms with Crippen LogP contribution in [-0.2, 0) is 10.0 Å². The Bertz CT molecular complexity index is 1020. The largest absolute Gasteiger partial charge is 0.439 e. The lowest BCUT2D eigenvalue weighted by atomic mass is 10.1. The van der Waals surface area contributed by atoms with Gasteiger partial charge in [-0.1, -0.05) is 30.7 Å². The van der Waals surface area contributed by atoms with E-state index in [-0.39, 0.29) is 10.5 Å². The fraction of sp³-hybridized carbons (Fsp3) is 0.316. The zero-order valence-electron chi connectivity index (χ0n) is 14.4. The summed E-state index contributed by atoms with van der Waals surface area (Å²) >= 11 is 0. The van der Waals surface area contributed by atoms with Gasteiger partial charge in [0.25, 0.3) is 6.43 Å². The smallest absolute Gasteiger partial charge is 0.263 e. The number of para-hydroxylation sites is 2. The van der Waals surface area contributed by atoms with E-state index >= 15 is 0 Å². The molecule has 1 fully saturated rings. The van der Waals surface area contributed by atoms with Crippen LogP contribution in [0.15, 0.2) is 57.8 Å². The quantitative estimate of drug-likeness (QED) is 0.647. The van der Waals surface area contributed by atoms with E-state index in [9.17, 15) is 17.2 Å². The molecule has 8 heteroatoms. The first-order valence-electron chi connectivity index (χ1n) is 8.72. The minimum atomic E-state index is -3.85. The van der Waals surface area contributed by atoms with Gasteiger partial charge in [0.1, 0.15) is 11.6 Å². The predicted molar refractivity (Wildman–Crippen MR) is 95.9 cm³/mol. The molecule has 0 spiro atoms. The molecule has 0 aliphatic carbocycles. The van der Waals surface area contributed by atoms with E-state index in [4.69, 9.17) is 4.42 Å². The van der Waals surface area contributed by atoms with E-state index in [2.05, 4.69) is 4.98 Å². The average Bonchev–Trinajstić information content (AvgIpc) is 3.12. The molecule has 5 nitrogen and oxygen atoms in total. The van der Waals surface area contributed by atoms with Crippen molar-refractivity contribution in [3.63, 3.8) is 0 Å². The number of halogens is 2. The molecule has 4 rings (SSSR count). The number of fused-ring (bicyclic) bond motifs is 1. The Morgan fingerprint density at radius 1 is 1.07 bits per heavy atom. The molecule has 2 heterocycles. The Morgan fingerprint density at radius 2 is 1.81 bits per heavy atom. The molecular formula is C19H18F2N2O3S. The number of benzene rings is 2. The van der Waals surface area contributed by atoms with Gasteiger partial charge in [0.2, 0.25) is 15.9 Å². The predicted octanol–water partition coefficient (Wildman–Crippen LogP) is 4.68. The van der Waals surface area contributed by atoms with Gasteiger partial charge in [-0.15, -0.1) is 0 Å². The van der Waals surface area contributed by atoms with Gasteiger partial charge in [0.05, 0.1) is 4.90 Å². The fourth-order valence-corrected chi connectivity index (χ4v) is 5.04. The number of nitrogens with zero attached hydrogens (tertiary/aromatic N) is 2. The van der Waals surface area contributed by atoms with Crippen molar-refractivity contribution in [2.75, 3.05) is 6.54 Å². The molecule has 142 valence electrons. The van der Waals surface area contributed by atoms with Crippen molar-refractivity contribution < 1.29 is 21.6 Å². The summed E-state index contributed by atoms with van der Waals surface area (Å²) in [5.41, 5.74) is 1.08. The summed E-state index contributed by atoms with van der Waals surface area (Å²) in [5.74, 6) is 0.365. The number of piperidine rings is 1. The summed E-state index contributed by atoms with van der Waals surface area (Å²) < 4.78 is 59.0. The maximum atomic E-state index is 13.1. The molecule has 0 radical (unpaired) electrons. The minimum Gasteiger partial charge on any atom is -0.439 e. The number of oxazole rings is 1. The summed E-state index contributed by atoms with van der Waals surface area (Å²) in [6.45, 7) is 0.336. The number of hydrogen-bond acceptors (Lipinski definition) is 4. The van der Waals surface area contributed by atoms with E-state index in [1.165, 1.54) is 16.4 Å². The van der Waals surface area contributed by atoms with Gasteiger partial charge >= 0.3 is 0 Å². The number of alkyl halides is 2. The van der Waals surface area contributed by atoms with Crippen LogP contribution < -0.4 is 0 Å². The third-order valence-corrected chi connectivity index (χ3v) is 6.71. The first kappa shape index (κ1) is 18.1. The zero-order chi connectivity index (χ0) is 19.0. The van der Waals surface area contributed by atoms with Crippen LogP contribution in [0.3, 0.4) is 0 Å². The molecule has 0 saturated carbocycles. The Hall–Kier alpha value is -2.32. The van der Waals surface area contributed by atoms with Crippen molar-refractivity contribution in [1.29, 1.82) is 0 Å². The molecule has 1 aromatic heterocycles. The molecule has 3 aromatic rings.